The van der Waals surface area contributed by atoms with Crippen LogP contribution in [-0.2, 0) is 7.05 Å². The van der Waals surface area contributed by atoms with Crippen LogP contribution >= 0.6 is 0 Å². The first-order chi connectivity index (χ1) is 7.11. The van der Waals surface area contributed by atoms with Gasteiger partial charge in [0.1, 0.15) is 0 Å². The van der Waals surface area contributed by atoms with Crippen LogP contribution in [0, 0.1) is 12.9 Å². The topological polar surface area (TPSA) is 50.7 Å². The number of nitrogens with zero attached hydrogens (tertiary/aromatic N) is 2. The van der Waals surface area contributed by atoms with Crippen LogP contribution in [0.1, 0.15) is 5.69 Å². The Hall–Kier alpha value is -1.91. The number of aryl methyl sites for hydroxylation is 2. The lowest BCUT2D eigenvalue weighted by Gasteiger charge is -1.98. The Kier molecular flexibility index (Phi) is 2.15. The largest absolute Gasteiger partial charge is 0.300 e. The van der Waals surface area contributed by atoms with E-state index in [-0.39, 0.29) is 11.1 Å². The van der Waals surface area contributed by atoms with Crippen molar-refractivity contribution < 1.29 is 4.39 Å². The summed E-state index contributed by atoms with van der Waals surface area (Å²) in [5.41, 5.74) is 0.953. The Morgan fingerprint density at radius 3 is 2.80 bits per heavy atom. The highest BCUT2D eigenvalue weighted by molar-refractivity contribution is 5.64. The lowest BCUT2D eigenvalue weighted by atomic mass is 10.1. The van der Waals surface area contributed by atoms with Crippen molar-refractivity contribution in [3.05, 3.63) is 40.3 Å². The fourth-order valence-electron chi connectivity index (χ4n) is 1.58. The van der Waals surface area contributed by atoms with Gasteiger partial charge in [0, 0.05) is 24.5 Å². The monoisotopic (exact) mass is 207 g/mol. The highest BCUT2D eigenvalue weighted by Crippen LogP contribution is 2.19. The smallest absolute Gasteiger partial charge is 0.274 e. The van der Waals surface area contributed by atoms with Crippen LogP contribution in [0.25, 0.3) is 11.1 Å². The van der Waals surface area contributed by atoms with E-state index in [1.54, 1.807) is 26.1 Å². The molecule has 5 heteroatoms. The maximum absolute atomic E-state index is 13.4. The minimum absolute atomic E-state index is 0.233. The molecule has 0 aliphatic rings. The molecule has 0 atom stereocenters. The number of pyridine rings is 1. The summed E-state index contributed by atoms with van der Waals surface area (Å²) in [7, 11) is 1.59. The van der Waals surface area contributed by atoms with Crippen molar-refractivity contribution >= 4 is 0 Å². The lowest BCUT2D eigenvalue weighted by molar-refractivity contribution is 0.587. The van der Waals surface area contributed by atoms with Crippen molar-refractivity contribution in [2.45, 2.75) is 6.92 Å². The van der Waals surface area contributed by atoms with Crippen LogP contribution in [-0.4, -0.2) is 14.8 Å². The predicted octanol–water partition coefficient (Wildman–Crippen LogP) is 1.22. The predicted molar refractivity (Wildman–Crippen MR) is 54.0 cm³/mol. The molecule has 0 saturated carbocycles. The summed E-state index contributed by atoms with van der Waals surface area (Å²) in [6, 6.07) is 3.14. The van der Waals surface area contributed by atoms with E-state index in [1.165, 1.54) is 10.9 Å². The number of halogens is 1. The van der Waals surface area contributed by atoms with Crippen LogP contribution in [0.15, 0.2) is 23.1 Å². The summed E-state index contributed by atoms with van der Waals surface area (Å²) in [6.45, 7) is 1.73. The molecule has 2 heterocycles. The molecule has 0 bridgehead atoms. The maximum Gasteiger partial charge on any atom is 0.274 e. The number of aromatic nitrogens is 3. The average Bonchev–Trinajstić information content (AvgIpc) is 2.43. The van der Waals surface area contributed by atoms with Crippen LogP contribution < -0.4 is 5.56 Å². The molecule has 0 unspecified atom stereocenters. The van der Waals surface area contributed by atoms with E-state index in [1.807, 2.05) is 0 Å². The van der Waals surface area contributed by atoms with Crippen LogP contribution in [0.4, 0.5) is 4.39 Å². The Morgan fingerprint density at radius 2 is 2.27 bits per heavy atom. The molecule has 0 aliphatic carbocycles. The lowest BCUT2D eigenvalue weighted by Crippen LogP contribution is -2.13. The highest BCUT2D eigenvalue weighted by atomic mass is 19.1. The zero-order valence-corrected chi connectivity index (χ0v) is 8.41. The second-order valence-corrected chi connectivity index (χ2v) is 3.32. The van der Waals surface area contributed by atoms with Crippen molar-refractivity contribution in [1.82, 2.24) is 14.8 Å². The maximum atomic E-state index is 13.4. The summed E-state index contributed by atoms with van der Waals surface area (Å²) in [6.07, 6.45) is 1.35. The van der Waals surface area contributed by atoms with E-state index in [4.69, 9.17) is 0 Å². The van der Waals surface area contributed by atoms with Crippen LogP contribution in [0.2, 0.25) is 0 Å². The Balaban J connectivity index is 2.75. The molecule has 78 valence electrons. The molecule has 0 aromatic carbocycles. The molecular weight excluding hydrogens is 197 g/mol. The van der Waals surface area contributed by atoms with Gasteiger partial charge in [0.05, 0.1) is 5.56 Å². The highest BCUT2D eigenvalue weighted by Gasteiger charge is 2.15. The van der Waals surface area contributed by atoms with E-state index in [2.05, 4.69) is 10.1 Å². The van der Waals surface area contributed by atoms with Crippen LogP contribution in [0.3, 0.4) is 0 Å². The number of nitrogens with one attached hydrogen (secondary N) is 1. The van der Waals surface area contributed by atoms with Gasteiger partial charge in [-0.1, -0.05) is 0 Å². The van der Waals surface area contributed by atoms with Crippen molar-refractivity contribution in [1.29, 1.82) is 0 Å². The van der Waals surface area contributed by atoms with Gasteiger partial charge in [-0.05, 0) is 19.1 Å². The van der Waals surface area contributed by atoms with E-state index >= 15 is 0 Å². The van der Waals surface area contributed by atoms with Gasteiger partial charge in [-0.2, -0.15) is 4.39 Å². The number of rotatable bonds is 1. The fraction of sp³-hybridized carbons (Fsp3) is 0.200. The second-order valence-electron chi connectivity index (χ2n) is 3.32. The first-order valence-corrected chi connectivity index (χ1v) is 4.47. The third-order valence-electron chi connectivity index (χ3n) is 2.26. The normalized spacial score (nSPS) is 10.6. The summed E-state index contributed by atoms with van der Waals surface area (Å²) in [5, 5.41) is 2.81. The molecule has 1 N–H and O–H groups in total. The quantitative estimate of drug-likeness (QED) is 0.715. The fourth-order valence-corrected chi connectivity index (χ4v) is 1.58. The summed E-state index contributed by atoms with van der Waals surface area (Å²) >= 11 is 0. The van der Waals surface area contributed by atoms with Gasteiger partial charge in [0.2, 0.25) is 5.95 Å². The van der Waals surface area contributed by atoms with Crippen molar-refractivity contribution in [3.63, 3.8) is 0 Å². The Labute approximate surface area is 85.4 Å². The second kappa shape index (κ2) is 3.34. The van der Waals surface area contributed by atoms with E-state index in [9.17, 15) is 9.18 Å². The van der Waals surface area contributed by atoms with E-state index in [0.29, 0.717) is 11.3 Å². The van der Waals surface area contributed by atoms with Gasteiger partial charge in [-0.15, -0.1) is 0 Å². The first kappa shape index (κ1) is 9.64. The van der Waals surface area contributed by atoms with Crippen LogP contribution in [0.5, 0.6) is 0 Å². The summed E-state index contributed by atoms with van der Waals surface area (Å²) in [5.74, 6) is -0.627. The zero-order valence-electron chi connectivity index (χ0n) is 8.41. The SMILES string of the molecule is Cc1[nH]n(C)c(=O)c1-c1cccnc1F. The molecular formula is C10H10FN3O. The molecule has 2 aromatic rings. The minimum atomic E-state index is -0.627. The van der Waals surface area contributed by atoms with Gasteiger partial charge >= 0.3 is 0 Å². The molecule has 0 fully saturated rings. The first-order valence-electron chi connectivity index (χ1n) is 4.47. The molecule has 2 aromatic heterocycles. The molecule has 0 amide bonds. The standard InChI is InChI=1S/C10H10FN3O/c1-6-8(10(15)14(2)13-6)7-4-3-5-12-9(7)11/h3-5,13H,1-2H3. The molecule has 0 aliphatic heterocycles. The minimum Gasteiger partial charge on any atom is -0.300 e. The Bertz CT molecular complexity index is 556. The van der Waals surface area contributed by atoms with Gasteiger partial charge < -0.3 is 0 Å². The summed E-state index contributed by atoms with van der Waals surface area (Å²) in [4.78, 5) is 15.2. The van der Waals surface area contributed by atoms with Crippen molar-refractivity contribution in [2.24, 2.45) is 7.05 Å². The van der Waals surface area contributed by atoms with Crippen molar-refractivity contribution in [3.8, 4) is 11.1 Å². The zero-order chi connectivity index (χ0) is 11.0. The van der Waals surface area contributed by atoms with Gasteiger partial charge in [-0.3, -0.25) is 14.6 Å². The van der Waals surface area contributed by atoms with E-state index < -0.39 is 5.95 Å². The molecule has 0 radical (unpaired) electrons. The molecule has 15 heavy (non-hydrogen) atoms. The third kappa shape index (κ3) is 1.45. The van der Waals surface area contributed by atoms with E-state index in [0.717, 1.165) is 0 Å². The number of H-pyrrole nitrogens is 1. The number of hydrogen-bond donors (Lipinski definition) is 1. The molecule has 2 rings (SSSR count). The van der Waals surface area contributed by atoms with Gasteiger partial charge in [0.25, 0.3) is 5.56 Å². The molecule has 0 saturated heterocycles. The average molecular weight is 207 g/mol. The summed E-state index contributed by atoms with van der Waals surface area (Å²) < 4.78 is 14.7. The molecule has 0 spiro atoms. The number of aromatic amines is 1. The van der Waals surface area contributed by atoms with Crippen molar-refractivity contribution in [2.75, 3.05) is 0 Å². The third-order valence-corrected chi connectivity index (χ3v) is 2.26. The number of hydrogen-bond acceptors (Lipinski definition) is 2. The van der Waals surface area contributed by atoms with Gasteiger partial charge in [-0.25, -0.2) is 4.98 Å². The molecule has 4 nitrogen and oxygen atoms in total. The van der Waals surface area contributed by atoms with Gasteiger partial charge in [0.15, 0.2) is 0 Å². The Morgan fingerprint density at radius 1 is 1.53 bits per heavy atom.